The number of carbonyl (C=O) groups is 1. The third-order valence-corrected chi connectivity index (χ3v) is 5.96. The van der Waals surface area contributed by atoms with E-state index in [1.165, 1.54) is 6.07 Å². The van der Waals surface area contributed by atoms with E-state index in [1.54, 1.807) is 44.4 Å². The van der Waals surface area contributed by atoms with Crippen molar-refractivity contribution in [2.24, 2.45) is 0 Å². The van der Waals surface area contributed by atoms with Crippen LogP contribution in [-0.4, -0.2) is 38.2 Å². The number of hydrogen-bond acceptors (Lipinski definition) is 4. The normalized spacial score (nSPS) is 15.0. The number of carbonyl (C=O) groups excluding carboxylic acids is 1. The van der Waals surface area contributed by atoms with E-state index in [9.17, 15) is 9.18 Å². The second-order valence-electron chi connectivity index (χ2n) is 8.10. The number of hydrogen-bond donors (Lipinski definition) is 2. The zero-order valence-electron chi connectivity index (χ0n) is 19.7. The van der Waals surface area contributed by atoms with Crippen LogP contribution in [-0.2, 0) is 6.42 Å². The molecule has 0 saturated heterocycles. The Morgan fingerprint density at radius 1 is 1.03 bits per heavy atom. The van der Waals surface area contributed by atoms with Gasteiger partial charge in [-0.25, -0.2) is 9.18 Å². The summed E-state index contributed by atoms with van der Waals surface area (Å²) < 4.78 is 25.1. The molecule has 0 fully saturated rings. The summed E-state index contributed by atoms with van der Waals surface area (Å²) in [6.45, 7) is 2.01. The number of rotatable bonds is 5. The summed E-state index contributed by atoms with van der Waals surface area (Å²) in [7, 11) is 4.84. The van der Waals surface area contributed by atoms with Gasteiger partial charge in [-0.1, -0.05) is 24.3 Å². The predicted octanol–water partition coefficient (Wildman–Crippen LogP) is 5.56. The first-order chi connectivity index (χ1) is 16.4. The number of fused-ring (bicyclic) bond motifs is 1. The van der Waals surface area contributed by atoms with Crippen LogP contribution in [0.15, 0.2) is 66.9 Å². The lowest BCUT2D eigenvalue weighted by atomic mass is 9.92. The third kappa shape index (κ3) is 4.55. The van der Waals surface area contributed by atoms with Crippen molar-refractivity contribution < 1.29 is 18.7 Å². The minimum absolute atomic E-state index is 0.0729. The highest BCUT2D eigenvalue weighted by Crippen LogP contribution is 2.39. The summed E-state index contributed by atoms with van der Waals surface area (Å²) in [4.78, 5) is 14.4. The SMILES string of the molecule is CNC(=O)N1C=C(c2ccc(Nc3ccccc3F)cc2)c2cc(OC)c(OC)cc2CC1C. The van der Waals surface area contributed by atoms with E-state index in [4.69, 9.17) is 9.47 Å². The number of para-hydroxylation sites is 1. The molecule has 0 bridgehead atoms. The number of halogens is 1. The first-order valence-corrected chi connectivity index (χ1v) is 11.0. The van der Waals surface area contributed by atoms with E-state index >= 15 is 0 Å². The van der Waals surface area contributed by atoms with Crippen LogP contribution < -0.4 is 20.1 Å². The lowest BCUT2D eigenvalue weighted by molar-refractivity contribution is 0.205. The van der Waals surface area contributed by atoms with Gasteiger partial charge in [0.05, 0.1) is 19.9 Å². The van der Waals surface area contributed by atoms with Gasteiger partial charge in [-0.05, 0) is 66.4 Å². The molecule has 1 heterocycles. The highest BCUT2D eigenvalue weighted by Gasteiger charge is 2.26. The minimum atomic E-state index is -0.316. The number of methoxy groups -OCH3 is 2. The molecule has 7 heteroatoms. The maximum Gasteiger partial charge on any atom is 0.321 e. The van der Waals surface area contributed by atoms with Crippen molar-refractivity contribution in [3.8, 4) is 11.5 Å². The van der Waals surface area contributed by atoms with Gasteiger partial charge in [0.25, 0.3) is 0 Å². The molecule has 2 N–H and O–H groups in total. The van der Waals surface area contributed by atoms with Crippen LogP contribution in [0.3, 0.4) is 0 Å². The summed E-state index contributed by atoms with van der Waals surface area (Å²) in [5, 5.41) is 5.83. The Morgan fingerprint density at radius 3 is 2.35 bits per heavy atom. The van der Waals surface area contributed by atoms with Crippen LogP contribution in [0.1, 0.15) is 23.6 Å². The van der Waals surface area contributed by atoms with Gasteiger partial charge in [0, 0.05) is 30.5 Å². The van der Waals surface area contributed by atoms with Gasteiger partial charge in [-0.3, -0.25) is 4.90 Å². The lowest BCUT2D eigenvalue weighted by Crippen LogP contribution is -2.40. The Hall–Kier alpha value is -4.00. The molecule has 0 radical (unpaired) electrons. The zero-order valence-corrected chi connectivity index (χ0v) is 19.7. The standard InChI is InChI=1S/C27H28FN3O3/c1-17-13-19-14-25(33-3)26(34-4)15-21(19)22(16-31(17)27(32)29-2)18-9-11-20(12-10-18)30-24-8-6-5-7-23(24)28/h5-12,14-17,30H,13H2,1-4H3,(H,29,32). The predicted molar refractivity (Wildman–Crippen MR) is 132 cm³/mol. The number of amides is 2. The smallest absolute Gasteiger partial charge is 0.321 e. The molecule has 0 aliphatic carbocycles. The van der Waals surface area contributed by atoms with Crippen LogP contribution >= 0.6 is 0 Å². The van der Waals surface area contributed by atoms with Gasteiger partial charge in [0.2, 0.25) is 0 Å². The number of anilines is 2. The molecule has 1 atom stereocenters. The fourth-order valence-electron chi connectivity index (χ4n) is 4.16. The maximum atomic E-state index is 14.0. The monoisotopic (exact) mass is 461 g/mol. The summed E-state index contributed by atoms with van der Waals surface area (Å²) in [5.74, 6) is 0.944. The second-order valence-corrected chi connectivity index (χ2v) is 8.10. The van der Waals surface area contributed by atoms with Crippen molar-refractivity contribution in [1.29, 1.82) is 0 Å². The highest BCUT2D eigenvalue weighted by atomic mass is 19.1. The molecular weight excluding hydrogens is 433 g/mol. The molecule has 6 nitrogen and oxygen atoms in total. The van der Waals surface area contributed by atoms with E-state index in [0.717, 1.165) is 28.0 Å². The molecule has 1 unspecified atom stereocenters. The molecule has 2 amide bonds. The molecule has 0 aromatic heterocycles. The van der Waals surface area contributed by atoms with Crippen molar-refractivity contribution >= 4 is 23.0 Å². The minimum Gasteiger partial charge on any atom is -0.493 e. The number of benzene rings is 3. The van der Waals surface area contributed by atoms with Gasteiger partial charge in [0.15, 0.2) is 11.5 Å². The van der Waals surface area contributed by atoms with E-state index < -0.39 is 0 Å². The molecule has 0 spiro atoms. The van der Waals surface area contributed by atoms with Crippen molar-refractivity contribution in [2.45, 2.75) is 19.4 Å². The van der Waals surface area contributed by atoms with Gasteiger partial charge < -0.3 is 20.1 Å². The van der Waals surface area contributed by atoms with Crippen LogP contribution in [0.2, 0.25) is 0 Å². The average molecular weight is 462 g/mol. The van der Waals surface area contributed by atoms with Gasteiger partial charge in [0.1, 0.15) is 5.82 Å². The number of nitrogens with zero attached hydrogens (tertiary/aromatic N) is 1. The average Bonchev–Trinajstić information content (AvgIpc) is 3.00. The van der Waals surface area contributed by atoms with Crippen LogP contribution in [0.5, 0.6) is 11.5 Å². The van der Waals surface area contributed by atoms with Crippen LogP contribution in [0.25, 0.3) is 5.57 Å². The Balaban J connectivity index is 1.78. The first kappa shape index (κ1) is 23.2. The van der Waals surface area contributed by atoms with E-state index in [1.807, 2.05) is 49.5 Å². The summed E-state index contributed by atoms with van der Waals surface area (Å²) >= 11 is 0. The molecule has 176 valence electrons. The topological polar surface area (TPSA) is 62.8 Å². The largest absolute Gasteiger partial charge is 0.493 e. The highest BCUT2D eigenvalue weighted by molar-refractivity contribution is 5.87. The molecule has 4 rings (SSSR count). The summed E-state index contributed by atoms with van der Waals surface area (Å²) in [6, 6.07) is 17.9. The summed E-state index contributed by atoms with van der Waals surface area (Å²) in [5.41, 5.74) is 4.97. The fourth-order valence-corrected chi connectivity index (χ4v) is 4.16. The van der Waals surface area contributed by atoms with E-state index in [0.29, 0.717) is 23.6 Å². The third-order valence-electron chi connectivity index (χ3n) is 5.96. The fraction of sp³-hybridized carbons (Fsp3) is 0.222. The Kier molecular flexibility index (Phi) is 6.72. The number of ether oxygens (including phenoxy) is 2. The second kappa shape index (κ2) is 9.87. The van der Waals surface area contributed by atoms with Crippen LogP contribution in [0.4, 0.5) is 20.6 Å². The Bertz CT molecular complexity index is 1220. The molecule has 1 aliphatic rings. The van der Waals surface area contributed by atoms with Crippen LogP contribution in [0, 0.1) is 5.82 Å². The van der Waals surface area contributed by atoms with Crippen molar-refractivity contribution in [1.82, 2.24) is 10.2 Å². The quantitative estimate of drug-likeness (QED) is 0.522. The summed E-state index contributed by atoms with van der Waals surface area (Å²) in [6.07, 6.45) is 2.52. The molecule has 1 aliphatic heterocycles. The molecular formula is C27H28FN3O3. The van der Waals surface area contributed by atoms with Gasteiger partial charge in [-0.2, -0.15) is 0 Å². The molecule has 0 saturated carbocycles. The van der Waals surface area contributed by atoms with Gasteiger partial charge >= 0.3 is 6.03 Å². The van der Waals surface area contributed by atoms with Crippen molar-refractivity contribution in [2.75, 3.05) is 26.6 Å². The lowest BCUT2D eigenvalue weighted by Gasteiger charge is -2.24. The molecule has 34 heavy (non-hydrogen) atoms. The molecule has 3 aromatic rings. The maximum absolute atomic E-state index is 14.0. The number of urea groups is 1. The Labute approximate surface area is 199 Å². The van der Waals surface area contributed by atoms with Crippen molar-refractivity contribution in [3.63, 3.8) is 0 Å². The Morgan fingerprint density at radius 2 is 1.71 bits per heavy atom. The first-order valence-electron chi connectivity index (χ1n) is 11.0. The van der Waals surface area contributed by atoms with Gasteiger partial charge in [-0.15, -0.1) is 0 Å². The van der Waals surface area contributed by atoms with Crippen molar-refractivity contribution in [3.05, 3.63) is 89.4 Å². The zero-order chi connectivity index (χ0) is 24.2. The van der Waals surface area contributed by atoms with E-state index in [2.05, 4.69) is 10.6 Å². The number of nitrogens with one attached hydrogen (secondary N) is 2. The molecule has 3 aromatic carbocycles. The van der Waals surface area contributed by atoms with E-state index in [-0.39, 0.29) is 17.9 Å².